The molecule has 1 unspecified atom stereocenters. The van der Waals surface area contributed by atoms with Crippen molar-refractivity contribution in [3.63, 3.8) is 0 Å². The molecule has 1 fully saturated rings. The Hall–Kier alpha value is -0.430. The first kappa shape index (κ1) is 15.0. The van der Waals surface area contributed by atoms with Gasteiger partial charge in [0, 0.05) is 24.2 Å². The minimum atomic E-state index is -3.40. The molecule has 2 rings (SSSR count). The van der Waals surface area contributed by atoms with Gasteiger partial charge in [-0.3, -0.25) is 0 Å². The number of nitrogens with zero attached hydrogens (tertiary/aromatic N) is 1. The van der Waals surface area contributed by atoms with Crippen LogP contribution in [0.4, 0.5) is 0 Å². The second kappa shape index (κ2) is 5.91. The monoisotopic (exact) mass is 347 g/mol. The van der Waals surface area contributed by atoms with Crippen LogP contribution in [0.15, 0.2) is 27.6 Å². The number of hydrogen-bond acceptors (Lipinski definition) is 3. The summed E-state index contributed by atoms with van der Waals surface area (Å²) in [7, 11) is -3.40. The minimum Gasteiger partial charge on any atom is -0.396 e. The molecule has 106 valence electrons. The van der Waals surface area contributed by atoms with Gasteiger partial charge in [-0.05, 0) is 49.4 Å². The van der Waals surface area contributed by atoms with E-state index < -0.39 is 10.0 Å². The lowest BCUT2D eigenvalue weighted by molar-refractivity contribution is 0.259. The van der Waals surface area contributed by atoms with Crippen LogP contribution in [-0.2, 0) is 10.0 Å². The van der Waals surface area contributed by atoms with Crippen LogP contribution >= 0.6 is 15.9 Å². The van der Waals surface area contributed by atoms with E-state index in [4.69, 9.17) is 5.11 Å². The molecular formula is C13H18BrNO3S. The first-order chi connectivity index (χ1) is 8.95. The normalized spacial score (nSPS) is 20.9. The summed E-state index contributed by atoms with van der Waals surface area (Å²) in [6.45, 7) is 3.05. The first-order valence-corrected chi connectivity index (χ1v) is 8.55. The number of aliphatic hydroxyl groups is 1. The SMILES string of the molecule is Cc1cc(S(=O)(=O)N2CCC(CCO)C2)ccc1Br. The van der Waals surface area contributed by atoms with E-state index in [-0.39, 0.29) is 12.5 Å². The zero-order chi connectivity index (χ0) is 14.0. The van der Waals surface area contributed by atoms with Crippen molar-refractivity contribution < 1.29 is 13.5 Å². The number of halogens is 1. The van der Waals surface area contributed by atoms with Gasteiger partial charge in [0.15, 0.2) is 0 Å². The van der Waals surface area contributed by atoms with Crippen molar-refractivity contribution in [2.45, 2.75) is 24.7 Å². The quantitative estimate of drug-likeness (QED) is 0.907. The van der Waals surface area contributed by atoms with E-state index >= 15 is 0 Å². The molecule has 1 aliphatic heterocycles. The van der Waals surface area contributed by atoms with Gasteiger partial charge in [0.25, 0.3) is 0 Å². The maximum absolute atomic E-state index is 12.5. The summed E-state index contributed by atoms with van der Waals surface area (Å²) in [5.74, 6) is 0.274. The van der Waals surface area contributed by atoms with Crippen LogP contribution < -0.4 is 0 Å². The van der Waals surface area contributed by atoms with Crippen molar-refractivity contribution in [3.8, 4) is 0 Å². The van der Waals surface area contributed by atoms with E-state index in [1.54, 1.807) is 18.2 Å². The van der Waals surface area contributed by atoms with Crippen LogP contribution in [0.5, 0.6) is 0 Å². The number of benzene rings is 1. The Morgan fingerprint density at radius 3 is 2.84 bits per heavy atom. The van der Waals surface area contributed by atoms with Crippen molar-refractivity contribution in [2.24, 2.45) is 5.92 Å². The summed E-state index contributed by atoms with van der Waals surface area (Å²) < 4.78 is 27.4. The molecule has 1 aromatic carbocycles. The number of aryl methyl sites for hydroxylation is 1. The zero-order valence-corrected chi connectivity index (χ0v) is 13.2. The molecule has 1 saturated heterocycles. The molecule has 0 spiro atoms. The molecule has 0 aliphatic carbocycles. The molecule has 19 heavy (non-hydrogen) atoms. The van der Waals surface area contributed by atoms with Gasteiger partial charge >= 0.3 is 0 Å². The summed E-state index contributed by atoms with van der Waals surface area (Å²) >= 11 is 3.37. The van der Waals surface area contributed by atoms with Crippen LogP contribution in [0.3, 0.4) is 0 Å². The summed E-state index contributed by atoms with van der Waals surface area (Å²) in [5, 5.41) is 8.93. The fourth-order valence-electron chi connectivity index (χ4n) is 2.36. The molecule has 1 atom stereocenters. The van der Waals surface area contributed by atoms with E-state index in [1.807, 2.05) is 6.92 Å². The van der Waals surface area contributed by atoms with Crippen molar-refractivity contribution in [2.75, 3.05) is 19.7 Å². The van der Waals surface area contributed by atoms with E-state index in [1.165, 1.54) is 4.31 Å². The molecule has 1 aliphatic rings. The van der Waals surface area contributed by atoms with Gasteiger partial charge in [-0.25, -0.2) is 8.42 Å². The Labute approximate surface area is 122 Å². The molecular weight excluding hydrogens is 330 g/mol. The van der Waals surface area contributed by atoms with Crippen LogP contribution in [0.2, 0.25) is 0 Å². The van der Waals surface area contributed by atoms with Crippen molar-refractivity contribution in [1.29, 1.82) is 0 Å². The summed E-state index contributed by atoms with van der Waals surface area (Å²) in [6, 6.07) is 5.09. The van der Waals surface area contributed by atoms with E-state index in [9.17, 15) is 8.42 Å². The average Bonchev–Trinajstić information content (AvgIpc) is 2.82. The van der Waals surface area contributed by atoms with Gasteiger partial charge in [-0.2, -0.15) is 4.31 Å². The fourth-order valence-corrected chi connectivity index (χ4v) is 4.22. The second-order valence-corrected chi connectivity index (χ2v) is 7.73. The maximum atomic E-state index is 12.5. The van der Waals surface area contributed by atoms with E-state index in [0.717, 1.165) is 16.5 Å². The summed E-state index contributed by atoms with van der Waals surface area (Å²) in [5.41, 5.74) is 0.909. The first-order valence-electron chi connectivity index (χ1n) is 6.32. The molecule has 0 aromatic heterocycles. The highest BCUT2D eigenvalue weighted by atomic mass is 79.9. The molecule has 0 bridgehead atoms. The number of sulfonamides is 1. The third-order valence-electron chi connectivity index (χ3n) is 3.55. The van der Waals surface area contributed by atoms with E-state index in [0.29, 0.717) is 24.4 Å². The predicted octanol–water partition coefficient (Wildman–Crippen LogP) is 2.15. The molecule has 1 N–H and O–H groups in total. The smallest absolute Gasteiger partial charge is 0.243 e. The third kappa shape index (κ3) is 3.18. The summed E-state index contributed by atoms with van der Waals surface area (Å²) in [6.07, 6.45) is 1.50. The van der Waals surface area contributed by atoms with Gasteiger partial charge in [0.2, 0.25) is 10.0 Å². The zero-order valence-electron chi connectivity index (χ0n) is 10.8. The topological polar surface area (TPSA) is 57.6 Å². The molecule has 6 heteroatoms. The molecule has 0 amide bonds. The number of rotatable bonds is 4. The number of hydrogen-bond donors (Lipinski definition) is 1. The summed E-state index contributed by atoms with van der Waals surface area (Å²) in [4.78, 5) is 0.345. The van der Waals surface area contributed by atoms with Crippen molar-refractivity contribution >= 4 is 26.0 Å². The molecule has 0 radical (unpaired) electrons. The highest BCUT2D eigenvalue weighted by molar-refractivity contribution is 9.10. The van der Waals surface area contributed by atoms with Gasteiger partial charge in [0.05, 0.1) is 4.90 Å². The molecule has 0 saturated carbocycles. The lowest BCUT2D eigenvalue weighted by atomic mass is 10.1. The van der Waals surface area contributed by atoms with Gasteiger partial charge < -0.3 is 5.11 Å². The minimum absolute atomic E-state index is 0.121. The van der Waals surface area contributed by atoms with Gasteiger partial charge in [-0.1, -0.05) is 15.9 Å². The van der Waals surface area contributed by atoms with Crippen molar-refractivity contribution in [1.82, 2.24) is 4.31 Å². The third-order valence-corrected chi connectivity index (χ3v) is 6.30. The van der Waals surface area contributed by atoms with Gasteiger partial charge in [-0.15, -0.1) is 0 Å². The Morgan fingerprint density at radius 1 is 1.47 bits per heavy atom. The van der Waals surface area contributed by atoms with Crippen LogP contribution in [0.1, 0.15) is 18.4 Å². The lowest BCUT2D eigenvalue weighted by Crippen LogP contribution is -2.29. The van der Waals surface area contributed by atoms with Crippen LogP contribution in [-0.4, -0.2) is 37.5 Å². The predicted molar refractivity (Wildman–Crippen MR) is 77.4 cm³/mol. The van der Waals surface area contributed by atoms with Crippen LogP contribution in [0.25, 0.3) is 0 Å². The van der Waals surface area contributed by atoms with Gasteiger partial charge in [0.1, 0.15) is 0 Å². The Morgan fingerprint density at radius 2 is 2.21 bits per heavy atom. The Balaban J connectivity index is 2.21. The molecule has 1 heterocycles. The molecule has 1 aromatic rings. The molecule has 4 nitrogen and oxygen atoms in total. The highest BCUT2D eigenvalue weighted by Crippen LogP contribution is 2.27. The lowest BCUT2D eigenvalue weighted by Gasteiger charge is -2.17. The number of aliphatic hydroxyl groups excluding tert-OH is 1. The standard InChI is InChI=1S/C13H18BrNO3S/c1-10-8-12(2-3-13(10)14)19(17,18)15-6-4-11(9-15)5-7-16/h2-3,8,11,16H,4-7,9H2,1H3. The second-order valence-electron chi connectivity index (χ2n) is 4.94. The Kier molecular flexibility index (Phi) is 4.66. The fraction of sp³-hybridized carbons (Fsp3) is 0.538. The Bertz CT molecular complexity index is 559. The van der Waals surface area contributed by atoms with Crippen LogP contribution in [0, 0.1) is 12.8 Å². The largest absolute Gasteiger partial charge is 0.396 e. The maximum Gasteiger partial charge on any atom is 0.243 e. The van der Waals surface area contributed by atoms with Crippen molar-refractivity contribution in [3.05, 3.63) is 28.2 Å². The highest BCUT2D eigenvalue weighted by Gasteiger charge is 2.32. The van der Waals surface area contributed by atoms with E-state index in [2.05, 4.69) is 15.9 Å². The average molecular weight is 348 g/mol.